The van der Waals surface area contributed by atoms with Crippen LogP contribution in [0.1, 0.15) is 50.2 Å². The van der Waals surface area contributed by atoms with Crippen molar-refractivity contribution in [3.8, 4) is 0 Å². The highest BCUT2D eigenvalue weighted by Gasteiger charge is 2.41. The van der Waals surface area contributed by atoms with Gasteiger partial charge in [-0.15, -0.1) is 0 Å². The summed E-state index contributed by atoms with van der Waals surface area (Å²) in [5.41, 5.74) is 13.3. The van der Waals surface area contributed by atoms with Crippen LogP contribution in [-0.2, 0) is 10.9 Å². The van der Waals surface area contributed by atoms with Gasteiger partial charge in [-0.2, -0.15) is 13.2 Å². The second-order valence-corrected chi connectivity index (χ2v) is 8.81. The number of rotatable bonds is 8. The molecule has 9 heteroatoms. The number of methoxy groups -OCH3 is 1. The van der Waals surface area contributed by atoms with Crippen molar-refractivity contribution >= 4 is 5.70 Å². The lowest BCUT2D eigenvalue weighted by molar-refractivity contribution is -0.137. The number of nitrogens with one attached hydrogen (secondary N) is 1. The number of hydrogen-bond acceptors (Lipinski definition) is 6. The highest BCUT2D eigenvalue weighted by atomic mass is 19.4. The quantitative estimate of drug-likeness (QED) is 0.575. The summed E-state index contributed by atoms with van der Waals surface area (Å²) in [7, 11) is 3.64. The SMILES string of the molecule is CCCC1(N)NC(c2cncc(C(F)(F)F)c2)=CC(N(C)CC2(COC)CCC2)=C1N. The number of allylic oxidation sites excluding steroid dienone is 1. The van der Waals surface area contributed by atoms with Crippen molar-refractivity contribution in [2.75, 3.05) is 27.3 Å². The number of nitrogens with zero attached hydrogens (tertiary/aromatic N) is 2. The van der Waals surface area contributed by atoms with Crippen molar-refractivity contribution in [1.29, 1.82) is 0 Å². The first-order valence-corrected chi connectivity index (χ1v) is 10.6. The number of dihydropyridines is 1. The first-order valence-electron chi connectivity index (χ1n) is 10.6. The van der Waals surface area contributed by atoms with Crippen LogP contribution in [0.15, 0.2) is 35.9 Å². The Morgan fingerprint density at radius 1 is 1.29 bits per heavy atom. The van der Waals surface area contributed by atoms with E-state index in [0.717, 1.165) is 44.5 Å². The van der Waals surface area contributed by atoms with Gasteiger partial charge in [-0.05, 0) is 31.4 Å². The molecule has 1 unspecified atom stereocenters. The molecule has 1 fully saturated rings. The van der Waals surface area contributed by atoms with Crippen molar-refractivity contribution in [2.45, 2.75) is 50.9 Å². The summed E-state index contributed by atoms with van der Waals surface area (Å²) < 4.78 is 45.1. The molecule has 1 aromatic heterocycles. The minimum absolute atomic E-state index is 0.0510. The van der Waals surface area contributed by atoms with E-state index in [9.17, 15) is 13.2 Å². The van der Waals surface area contributed by atoms with Crippen LogP contribution in [0.4, 0.5) is 13.2 Å². The van der Waals surface area contributed by atoms with E-state index in [-0.39, 0.29) is 5.41 Å². The molecule has 5 N–H and O–H groups in total. The van der Waals surface area contributed by atoms with E-state index in [0.29, 0.717) is 35.7 Å². The first kappa shape index (κ1) is 23.4. The van der Waals surface area contributed by atoms with Crippen molar-refractivity contribution in [3.63, 3.8) is 0 Å². The molecule has 0 bridgehead atoms. The lowest BCUT2D eigenvalue weighted by atomic mass is 9.69. The van der Waals surface area contributed by atoms with E-state index in [1.807, 2.05) is 18.9 Å². The molecule has 1 atom stereocenters. The molecule has 172 valence electrons. The molecule has 31 heavy (non-hydrogen) atoms. The molecule has 0 spiro atoms. The maximum Gasteiger partial charge on any atom is 0.417 e. The fourth-order valence-electron chi connectivity index (χ4n) is 4.51. The molecule has 0 radical (unpaired) electrons. The zero-order chi connectivity index (χ0) is 22.9. The van der Waals surface area contributed by atoms with E-state index in [1.165, 1.54) is 6.20 Å². The number of hydrogen-bond donors (Lipinski definition) is 3. The Bertz CT molecular complexity index is 863. The summed E-state index contributed by atoms with van der Waals surface area (Å²) in [4.78, 5) is 5.84. The maximum absolute atomic E-state index is 13.2. The third-order valence-corrected chi connectivity index (χ3v) is 6.26. The van der Waals surface area contributed by atoms with Gasteiger partial charge >= 0.3 is 6.18 Å². The minimum Gasteiger partial charge on any atom is -0.397 e. The van der Waals surface area contributed by atoms with E-state index < -0.39 is 17.4 Å². The predicted molar refractivity (Wildman–Crippen MR) is 114 cm³/mol. The Balaban J connectivity index is 2.00. The van der Waals surface area contributed by atoms with Crippen LogP contribution in [-0.4, -0.2) is 42.9 Å². The van der Waals surface area contributed by atoms with E-state index in [4.69, 9.17) is 16.2 Å². The molecule has 2 heterocycles. The van der Waals surface area contributed by atoms with Crippen LogP contribution in [0.5, 0.6) is 0 Å². The average Bonchev–Trinajstić information content (AvgIpc) is 2.68. The van der Waals surface area contributed by atoms with Gasteiger partial charge in [0.1, 0.15) is 5.66 Å². The molecule has 1 saturated carbocycles. The van der Waals surface area contributed by atoms with Crippen molar-refractivity contribution in [2.24, 2.45) is 16.9 Å². The number of alkyl halides is 3. The molecule has 0 saturated heterocycles. The number of likely N-dealkylation sites (N-methyl/N-ethyl adjacent to an activating group) is 1. The summed E-state index contributed by atoms with van der Waals surface area (Å²) >= 11 is 0. The van der Waals surface area contributed by atoms with E-state index in [1.54, 1.807) is 13.2 Å². The Hall–Kier alpha value is -2.26. The molecule has 3 rings (SSSR count). The lowest BCUT2D eigenvalue weighted by Crippen LogP contribution is -2.59. The summed E-state index contributed by atoms with van der Waals surface area (Å²) in [6.45, 7) is 3.36. The molecule has 1 aromatic rings. The largest absolute Gasteiger partial charge is 0.417 e. The fraction of sp³-hybridized carbons (Fsp3) is 0.591. The minimum atomic E-state index is -4.48. The molecule has 0 amide bonds. The van der Waals surface area contributed by atoms with Crippen LogP contribution in [0, 0.1) is 5.41 Å². The van der Waals surface area contributed by atoms with Gasteiger partial charge in [-0.1, -0.05) is 19.8 Å². The van der Waals surface area contributed by atoms with Crippen molar-refractivity contribution < 1.29 is 17.9 Å². The van der Waals surface area contributed by atoms with Gasteiger partial charge in [-0.25, -0.2) is 0 Å². The molecular formula is C22H32F3N5O. The predicted octanol–water partition coefficient (Wildman–Crippen LogP) is 3.42. The third kappa shape index (κ3) is 4.82. The van der Waals surface area contributed by atoms with Gasteiger partial charge in [-0.3, -0.25) is 4.98 Å². The number of halogens is 3. The van der Waals surface area contributed by atoms with Crippen LogP contribution in [0.3, 0.4) is 0 Å². The summed E-state index contributed by atoms with van der Waals surface area (Å²) in [6, 6.07) is 1.08. The maximum atomic E-state index is 13.2. The van der Waals surface area contributed by atoms with Gasteiger partial charge in [0.05, 0.1) is 23.6 Å². The van der Waals surface area contributed by atoms with E-state index >= 15 is 0 Å². The summed E-state index contributed by atoms with van der Waals surface area (Å²) in [5.74, 6) is 0. The van der Waals surface area contributed by atoms with Crippen molar-refractivity contribution in [1.82, 2.24) is 15.2 Å². The highest BCUT2D eigenvalue weighted by Crippen LogP contribution is 2.43. The van der Waals surface area contributed by atoms with Crippen molar-refractivity contribution in [3.05, 3.63) is 47.1 Å². The Morgan fingerprint density at radius 3 is 2.55 bits per heavy atom. The molecule has 6 nitrogen and oxygen atoms in total. The molecule has 1 aliphatic heterocycles. The number of nitrogens with two attached hydrogens (primary N) is 2. The standard InChI is InChI=1S/C22H32F3N5O/c1-4-6-21(27)19(26)18(30(2)13-20(14-31-3)7-5-8-20)10-17(29-21)15-9-16(12-28-11-15)22(23,24)25/h9-12,29H,4-8,13-14,26-27H2,1-3H3. The highest BCUT2D eigenvalue weighted by molar-refractivity contribution is 5.70. The molecular weight excluding hydrogens is 407 g/mol. The smallest absolute Gasteiger partial charge is 0.397 e. The monoisotopic (exact) mass is 439 g/mol. The van der Waals surface area contributed by atoms with Crippen LogP contribution < -0.4 is 16.8 Å². The second kappa shape index (κ2) is 8.70. The number of aromatic nitrogens is 1. The zero-order valence-electron chi connectivity index (χ0n) is 18.4. The normalized spacial score (nSPS) is 23.1. The van der Waals surface area contributed by atoms with Gasteiger partial charge in [0, 0.05) is 49.8 Å². The topological polar surface area (TPSA) is 89.4 Å². The summed E-state index contributed by atoms with van der Waals surface area (Å²) in [6.07, 6.45) is 4.07. The van der Waals surface area contributed by atoms with Crippen LogP contribution >= 0.6 is 0 Å². The van der Waals surface area contributed by atoms with Gasteiger partial charge in [0.2, 0.25) is 0 Å². The van der Waals surface area contributed by atoms with Gasteiger partial charge in [0.25, 0.3) is 0 Å². The van der Waals surface area contributed by atoms with Crippen LogP contribution in [0.2, 0.25) is 0 Å². The molecule has 1 aliphatic carbocycles. The average molecular weight is 440 g/mol. The molecule has 2 aliphatic rings. The third-order valence-electron chi connectivity index (χ3n) is 6.26. The van der Waals surface area contributed by atoms with Gasteiger partial charge in [0.15, 0.2) is 0 Å². The number of pyridine rings is 1. The molecule has 0 aromatic carbocycles. The summed E-state index contributed by atoms with van der Waals surface area (Å²) in [5, 5.41) is 3.17. The van der Waals surface area contributed by atoms with Crippen LogP contribution in [0.25, 0.3) is 5.70 Å². The Morgan fingerprint density at radius 2 is 2.00 bits per heavy atom. The Kier molecular flexibility index (Phi) is 6.57. The first-order chi connectivity index (χ1) is 14.5. The number of ether oxygens (including phenoxy) is 1. The van der Waals surface area contributed by atoms with E-state index in [2.05, 4.69) is 10.3 Å². The van der Waals surface area contributed by atoms with Gasteiger partial charge < -0.3 is 26.4 Å². The second-order valence-electron chi connectivity index (χ2n) is 8.81. The fourth-order valence-corrected chi connectivity index (χ4v) is 4.51. The lowest BCUT2D eigenvalue weighted by Gasteiger charge is -2.46. The zero-order valence-corrected chi connectivity index (χ0v) is 18.4. The Labute approximate surface area is 181 Å².